The normalized spacial score (nSPS) is 10.2. The highest BCUT2D eigenvalue weighted by molar-refractivity contribution is 5.74. The summed E-state index contributed by atoms with van der Waals surface area (Å²) in [7, 11) is 0. The lowest BCUT2D eigenvalue weighted by molar-refractivity contribution is -0.135. The van der Waals surface area contributed by atoms with Gasteiger partial charge in [-0.1, -0.05) is 6.92 Å². The summed E-state index contributed by atoms with van der Waals surface area (Å²) in [4.78, 5) is 11.1. The van der Waals surface area contributed by atoms with Crippen molar-refractivity contribution in [2.75, 3.05) is 0 Å². The van der Waals surface area contributed by atoms with E-state index in [1.807, 2.05) is 0 Å². The maximum atomic E-state index is 11.1. The number of ether oxygens (including phenoxy) is 1. The van der Waals surface area contributed by atoms with Gasteiger partial charge in [0.2, 0.25) is 0 Å². The molecule has 78 valence electrons. The number of carbonyl (C=O) groups is 1. The van der Waals surface area contributed by atoms with Crippen LogP contribution in [0.1, 0.15) is 13.3 Å². The van der Waals surface area contributed by atoms with Crippen molar-refractivity contribution in [3.63, 3.8) is 0 Å². The molecular weight excluding hydrogens is 196 g/mol. The number of carbonyl (C=O) groups excluding carboxylic acids is 1. The predicted molar refractivity (Wildman–Crippen MR) is 52.3 cm³/mol. The molecule has 0 aromatic carbocycles. The molecule has 2 heterocycles. The van der Waals surface area contributed by atoms with E-state index in [1.54, 1.807) is 31.4 Å². The first-order valence-corrected chi connectivity index (χ1v) is 4.63. The van der Waals surface area contributed by atoms with Crippen LogP contribution in [-0.2, 0) is 4.79 Å². The minimum Gasteiger partial charge on any atom is -0.464 e. The van der Waals surface area contributed by atoms with Crippen LogP contribution in [-0.4, -0.2) is 5.97 Å². The third-order valence-electron chi connectivity index (χ3n) is 1.91. The summed E-state index contributed by atoms with van der Waals surface area (Å²) in [6.45, 7) is 1.72. The fraction of sp³-hybridized carbons (Fsp3) is 0.182. The molecule has 0 saturated heterocycles. The van der Waals surface area contributed by atoms with Crippen LogP contribution in [0, 0.1) is 0 Å². The van der Waals surface area contributed by atoms with Crippen LogP contribution in [0.2, 0.25) is 0 Å². The molecule has 0 spiro atoms. The van der Waals surface area contributed by atoms with Gasteiger partial charge in [-0.05, 0) is 18.2 Å². The van der Waals surface area contributed by atoms with Crippen LogP contribution >= 0.6 is 0 Å². The van der Waals surface area contributed by atoms with Crippen molar-refractivity contribution in [1.29, 1.82) is 0 Å². The van der Waals surface area contributed by atoms with Gasteiger partial charge < -0.3 is 13.6 Å². The standard InChI is InChI=1S/C11H10O4/c1-2-10(12)15-11-8(5-7-14-11)9-4-3-6-13-9/h3-7H,2H2,1H3. The zero-order chi connectivity index (χ0) is 10.7. The zero-order valence-electron chi connectivity index (χ0n) is 8.23. The second-order valence-corrected chi connectivity index (χ2v) is 2.93. The molecule has 0 amide bonds. The van der Waals surface area contributed by atoms with Crippen molar-refractivity contribution in [2.24, 2.45) is 0 Å². The number of hydrogen-bond acceptors (Lipinski definition) is 4. The minimum atomic E-state index is -0.335. The monoisotopic (exact) mass is 206 g/mol. The van der Waals surface area contributed by atoms with Crippen molar-refractivity contribution in [3.05, 3.63) is 30.7 Å². The molecule has 0 fully saturated rings. The molecule has 0 atom stereocenters. The fourth-order valence-corrected chi connectivity index (χ4v) is 1.16. The Kier molecular flexibility index (Phi) is 2.58. The van der Waals surface area contributed by atoms with Crippen molar-refractivity contribution >= 4 is 5.97 Å². The molecule has 4 heteroatoms. The molecule has 0 radical (unpaired) electrons. The summed E-state index contributed by atoms with van der Waals surface area (Å²) in [6, 6.07) is 5.22. The van der Waals surface area contributed by atoms with E-state index in [2.05, 4.69) is 0 Å². The van der Waals surface area contributed by atoms with Crippen molar-refractivity contribution in [3.8, 4) is 17.3 Å². The Hall–Kier alpha value is -1.97. The quantitative estimate of drug-likeness (QED) is 0.724. The fourth-order valence-electron chi connectivity index (χ4n) is 1.16. The summed E-state index contributed by atoms with van der Waals surface area (Å²) in [5.74, 6) is 0.456. The van der Waals surface area contributed by atoms with Gasteiger partial charge in [-0.2, -0.15) is 0 Å². The van der Waals surface area contributed by atoms with Crippen molar-refractivity contribution < 1.29 is 18.4 Å². The molecule has 2 rings (SSSR count). The van der Waals surface area contributed by atoms with E-state index in [0.29, 0.717) is 17.7 Å². The molecule has 0 unspecified atom stereocenters. The predicted octanol–water partition coefficient (Wildman–Crippen LogP) is 2.86. The molecule has 0 aliphatic carbocycles. The topological polar surface area (TPSA) is 52.6 Å². The highest BCUT2D eigenvalue weighted by Gasteiger charge is 2.14. The number of hydrogen-bond donors (Lipinski definition) is 0. The van der Waals surface area contributed by atoms with Gasteiger partial charge in [0.15, 0.2) is 0 Å². The summed E-state index contributed by atoms with van der Waals surface area (Å²) in [5, 5.41) is 0. The Labute approximate surface area is 86.4 Å². The smallest absolute Gasteiger partial charge is 0.313 e. The van der Waals surface area contributed by atoms with Gasteiger partial charge in [-0.15, -0.1) is 0 Å². The van der Waals surface area contributed by atoms with E-state index in [1.165, 1.54) is 6.26 Å². The SMILES string of the molecule is CCC(=O)Oc1occc1-c1ccco1. The Morgan fingerprint density at radius 2 is 2.20 bits per heavy atom. The average Bonchev–Trinajstić information content (AvgIpc) is 2.86. The van der Waals surface area contributed by atoms with Crippen LogP contribution < -0.4 is 4.74 Å². The first-order chi connectivity index (χ1) is 7.31. The molecule has 2 aromatic heterocycles. The van der Waals surface area contributed by atoms with Crippen LogP contribution in [0.5, 0.6) is 5.95 Å². The summed E-state index contributed by atoms with van der Waals surface area (Å²) < 4.78 is 15.2. The molecular formula is C11H10O4. The lowest BCUT2D eigenvalue weighted by Crippen LogP contribution is -2.05. The van der Waals surface area contributed by atoms with Gasteiger partial charge in [0.25, 0.3) is 0 Å². The van der Waals surface area contributed by atoms with E-state index in [4.69, 9.17) is 13.6 Å². The summed E-state index contributed by atoms with van der Waals surface area (Å²) in [5.41, 5.74) is 0.641. The lowest BCUT2D eigenvalue weighted by atomic mass is 10.2. The van der Waals surface area contributed by atoms with Crippen molar-refractivity contribution in [1.82, 2.24) is 0 Å². The van der Waals surface area contributed by atoms with E-state index < -0.39 is 0 Å². The first-order valence-electron chi connectivity index (χ1n) is 4.63. The second-order valence-electron chi connectivity index (χ2n) is 2.93. The van der Waals surface area contributed by atoms with Gasteiger partial charge in [-0.3, -0.25) is 4.79 Å². The number of furan rings is 2. The Bertz CT molecular complexity index is 439. The van der Waals surface area contributed by atoms with Crippen molar-refractivity contribution in [2.45, 2.75) is 13.3 Å². The third-order valence-corrected chi connectivity index (χ3v) is 1.91. The number of esters is 1. The Morgan fingerprint density at radius 1 is 1.33 bits per heavy atom. The van der Waals surface area contributed by atoms with Gasteiger partial charge in [0.1, 0.15) is 11.3 Å². The van der Waals surface area contributed by atoms with Crippen LogP contribution in [0.25, 0.3) is 11.3 Å². The molecule has 0 aliphatic rings. The summed E-state index contributed by atoms with van der Waals surface area (Å²) in [6.07, 6.45) is 3.31. The molecule has 2 aromatic rings. The van der Waals surface area contributed by atoms with E-state index in [-0.39, 0.29) is 11.9 Å². The van der Waals surface area contributed by atoms with Gasteiger partial charge >= 0.3 is 11.9 Å². The lowest BCUT2D eigenvalue weighted by Gasteiger charge is -1.99. The Balaban J connectivity index is 2.27. The molecule has 0 N–H and O–H groups in total. The minimum absolute atomic E-state index is 0.178. The highest BCUT2D eigenvalue weighted by atomic mass is 16.6. The van der Waals surface area contributed by atoms with Crippen LogP contribution in [0.15, 0.2) is 39.6 Å². The third kappa shape index (κ3) is 1.93. The van der Waals surface area contributed by atoms with Crippen LogP contribution in [0.3, 0.4) is 0 Å². The largest absolute Gasteiger partial charge is 0.464 e. The first kappa shape index (κ1) is 9.58. The van der Waals surface area contributed by atoms with E-state index in [0.717, 1.165) is 0 Å². The maximum Gasteiger partial charge on any atom is 0.313 e. The molecule has 0 aliphatic heterocycles. The summed E-state index contributed by atoms with van der Waals surface area (Å²) >= 11 is 0. The molecule has 4 nitrogen and oxygen atoms in total. The number of rotatable bonds is 3. The van der Waals surface area contributed by atoms with E-state index in [9.17, 15) is 4.79 Å². The van der Waals surface area contributed by atoms with E-state index >= 15 is 0 Å². The highest BCUT2D eigenvalue weighted by Crippen LogP contribution is 2.31. The zero-order valence-corrected chi connectivity index (χ0v) is 8.23. The maximum absolute atomic E-state index is 11.1. The Morgan fingerprint density at radius 3 is 2.87 bits per heavy atom. The molecule has 0 saturated carbocycles. The van der Waals surface area contributed by atoms with Crippen LogP contribution in [0.4, 0.5) is 0 Å². The average molecular weight is 206 g/mol. The molecule has 0 bridgehead atoms. The second kappa shape index (κ2) is 4.04. The van der Waals surface area contributed by atoms with Gasteiger partial charge in [-0.25, -0.2) is 0 Å². The molecule has 15 heavy (non-hydrogen) atoms. The van der Waals surface area contributed by atoms with Gasteiger partial charge in [0, 0.05) is 6.42 Å². The van der Waals surface area contributed by atoms with Gasteiger partial charge in [0.05, 0.1) is 12.5 Å².